The van der Waals surface area contributed by atoms with E-state index in [1.165, 1.54) is 19.3 Å². The first-order chi connectivity index (χ1) is 8.96. The molecule has 1 fully saturated rings. The Bertz CT molecular complexity index is 275. The standard InChI is InChI=1S/C15H29NO2S/c1-15(2)7-4-5-12(10-15)9-14(18)16-13(6-8-17)11-19-3/h12-13,17H,4-11H2,1-3H3,(H,16,18). The summed E-state index contributed by atoms with van der Waals surface area (Å²) in [5, 5.41) is 12.1. The molecule has 3 nitrogen and oxygen atoms in total. The maximum atomic E-state index is 12.1. The van der Waals surface area contributed by atoms with Crippen molar-refractivity contribution in [1.29, 1.82) is 0 Å². The number of nitrogens with one attached hydrogen (secondary N) is 1. The van der Waals surface area contributed by atoms with Crippen LogP contribution in [0.5, 0.6) is 0 Å². The third kappa shape index (κ3) is 6.66. The first kappa shape index (κ1) is 16.8. The molecular weight excluding hydrogens is 258 g/mol. The van der Waals surface area contributed by atoms with Crippen LogP contribution in [0.1, 0.15) is 52.4 Å². The van der Waals surface area contributed by atoms with Gasteiger partial charge < -0.3 is 10.4 Å². The number of carbonyl (C=O) groups is 1. The van der Waals surface area contributed by atoms with Crippen molar-refractivity contribution in [3.63, 3.8) is 0 Å². The van der Waals surface area contributed by atoms with Crippen molar-refractivity contribution in [3.8, 4) is 0 Å². The first-order valence-electron chi connectivity index (χ1n) is 7.36. The maximum Gasteiger partial charge on any atom is 0.220 e. The van der Waals surface area contributed by atoms with E-state index in [9.17, 15) is 4.79 Å². The average molecular weight is 287 g/mol. The Kier molecular flexibility index (Phi) is 7.22. The summed E-state index contributed by atoms with van der Waals surface area (Å²) in [7, 11) is 0. The molecule has 2 unspecified atom stereocenters. The van der Waals surface area contributed by atoms with E-state index < -0.39 is 0 Å². The lowest BCUT2D eigenvalue weighted by Crippen LogP contribution is -2.39. The smallest absolute Gasteiger partial charge is 0.220 e. The minimum atomic E-state index is 0.115. The van der Waals surface area contributed by atoms with Gasteiger partial charge in [0.05, 0.1) is 0 Å². The topological polar surface area (TPSA) is 49.3 Å². The summed E-state index contributed by atoms with van der Waals surface area (Å²) in [5.41, 5.74) is 0.396. The van der Waals surface area contributed by atoms with Gasteiger partial charge in [-0.25, -0.2) is 0 Å². The highest BCUT2D eigenvalue weighted by molar-refractivity contribution is 7.98. The highest BCUT2D eigenvalue weighted by Gasteiger charge is 2.29. The van der Waals surface area contributed by atoms with E-state index in [1.807, 2.05) is 6.26 Å². The van der Waals surface area contributed by atoms with Gasteiger partial charge in [-0.2, -0.15) is 11.8 Å². The molecule has 112 valence electrons. The summed E-state index contributed by atoms with van der Waals surface area (Å²) in [5.74, 6) is 1.57. The lowest BCUT2D eigenvalue weighted by atomic mass is 9.71. The minimum Gasteiger partial charge on any atom is -0.396 e. The maximum absolute atomic E-state index is 12.1. The Morgan fingerprint density at radius 2 is 2.26 bits per heavy atom. The molecule has 1 amide bonds. The zero-order valence-corrected chi connectivity index (χ0v) is 13.4. The molecule has 2 atom stereocenters. The second kappa shape index (κ2) is 8.15. The van der Waals surface area contributed by atoms with Crippen molar-refractivity contribution in [2.45, 2.75) is 58.4 Å². The molecule has 0 aliphatic heterocycles. The molecule has 0 spiro atoms. The summed E-state index contributed by atoms with van der Waals surface area (Å²) < 4.78 is 0. The largest absolute Gasteiger partial charge is 0.396 e. The number of aliphatic hydroxyl groups is 1. The average Bonchev–Trinajstić information content (AvgIpc) is 2.27. The first-order valence-corrected chi connectivity index (χ1v) is 8.75. The molecule has 19 heavy (non-hydrogen) atoms. The van der Waals surface area contributed by atoms with Gasteiger partial charge in [-0.3, -0.25) is 4.79 Å². The minimum absolute atomic E-state index is 0.115. The molecule has 0 aromatic carbocycles. The van der Waals surface area contributed by atoms with Gasteiger partial charge in [0.15, 0.2) is 0 Å². The summed E-state index contributed by atoms with van der Waals surface area (Å²) >= 11 is 1.71. The van der Waals surface area contributed by atoms with E-state index in [-0.39, 0.29) is 18.6 Å². The summed E-state index contributed by atoms with van der Waals surface area (Å²) in [6.07, 6.45) is 8.21. The van der Waals surface area contributed by atoms with Crippen LogP contribution in [0.2, 0.25) is 0 Å². The van der Waals surface area contributed by atoms with Crippen LogP contribution >= 0.6 is 11.8 Å². The Labute approximate surface area is 121 Å². The molecule has 1 aliphatic rings. The molecule has 2 N–H and O–H groups in total. The predicted octanol–water partition coefficient (Wildman–Crippen LogP) is 2.82. The molecule has 0 saturated heterocycles. The van der Waals surface area contributed by atoms with Crippen LogP contribution in [0.15, 0.2) is 0 Å². The highest BCUT2D eigenvalue weighted by Crippen LogP contribution is 2.39. The van der Waals surface area contributed by atoms with Gasteiger partial charge in [-0.1, -0.05) is 20.3 Å². The number of hydrogen-bond donors (Lipinski definition) is 2. The van der Waals surface area contributed by atoms with Crippen LogP contribution in [0.4, 0.5) is 0 Å². The highest BCUT2D eigenvalue weighted by atomic mass is 32.2. The molecule has 0 bridgehead atoms. The molecule has 0 radical (unpaired) electrons. The molecule has 1 aliphatic carbocycles. The fraction of sp³-hybridized carbons (Fsp3) is 0.933. The number of aliphatic hydroxyl groups excluding tert-OH is 1. The zero-order chi connectivity index (χ0) is 14.3. The summed E-state index contributed by atoms with van der Waals surface area (Å²) in [6.45, 7) is 4.75. The summed E-state index contributed by atoms with van der Waals surface area (Å²) in [4.78, 5) is 12.1. The normalized spacial score (nSPS) is 23.9. The van der Waals surface area contributed by atoms with Crippen molar-refractivity contribution in [1.82, 2.24) is 5.32 Å². The number of rotatable bonds is 7. The van der Waals surface area contributed by atoms with E-state index >= 15 is 0 Å². The monoisotopic (exact) mass is 287 g/mol. The van der Waals surface area contributed by atoms with Gasteiger partial charge in [0.25, 0.3) is 0 Å². The molecule has 0 aromatic heterocycles. The molecular formula is C15H29NO2S. The van der Waals surface area contributed by atoms with E-state index in [2.05, 4.69) is 19.2 Å². The summed E-state index contributed by atoms with van der Waals surface area (Å²) in [6, 6.07) is 0.115. The van der Waals surface area contributed by atoms with Crippen LogP contribution in [0.3, 0.4) is 0 Å². The Morgan fingerprint density at radius 1 is 1.53 bits per heavy atom. The second-order valence-corrected chi connectivity index (χ2v) is 7.47. The van der Waals surface area contributed by atoms with Gasteiger partial charge in [0.1, 0.15) is 0 Å². The third-order valence-corrected chi connectivity index (χ3v) is 4.73. The van der Waals surface area contributed by atoms with Crippen LogP contribution < -0.4 is 5.32 Å². The molecule has 1 saturated carbocycles. The predicted molar refractivity (Wildman–Crippen MR) is 82.4 cm³/mol. The SMILES string of the molecule is CSCC(CCO)NC(=O)CC1CCCC(C)(C)C1. The number of hydrogen-bond acceptors (Lipinski definition) is 3. The van der Waals surface area contributed by atoms with Crippen molar-refractivity contribution in [2.24, 2.45) is 11.3 Å². The van der Waals surface area contributed by atoms with Gasteiger partial charge in [-0.15, -0.1) is 0 Å². The van der Waals surface area contributed by atoms with Crippen LogP contribution in [-0.4, -0.2) is 35.7 Å². The van der Waals surface area contributed by atoms with Crippen LogP contribution in [-0.2, 0) is 4.79 Å². The Hall–Kier alpha value is -0.220. The quantitative estimate of drug-likeness (QED) is 0.757. The Morgan fingerprint density at radius 3 is 2.84 bits per heavy atom. The van der Waals surface area contributed by atoms with Gasteiger partial charge in [0, 0.05) is 24.8 Å². The second-order valence-electron chi connectivity index (χ2n) is 6.56. The van der Waals surface area contributed by atoms with Crippen molar-refractivity contribution in [3.05, 3.63) is 0 Å². The van der Waals surface area contributed by atoms with E-state index in [0.717, 1.165) is 12.2 Å². The van der Waals surface area contributed by atoms with Crippen molar-refractivity contribution < 1.29 is 9.90 Å². The lowest BCUT2D eigenvalue weighted by molar-refractivity contribution is -0.123. The molecule has 4 heteroatoms. The van der Waals surface area contributed by atoms with Crippen molar-refractivity contribution >= 4 is 17.7 Å². The molecule has 1 rings (SSSR count). The molecule has 0 aromatic rings. The number of thioether (sulfide) groups is 1. The Balaban J connectivity index is 2.36. The van der Waals surface area contributed by atoms with Crippen LogP contribution in [0.25, 0.3) is 0 Å². The zero-order valence-electron chi connectivity index (χ0n) is 12.6. The lowest BCUT2D eigenvalue weighted by Gasteiger charge is -2.35. The van der Waals surface area contributed by atoms with E-state index in [1.54, 1.807) is 11.8 Å². The fourth-order valence-electron chi connectivity index (χ4n) is 3.13. The van der Waals surface area contributed by atoms with E-state index in [0.29, 0.717) is 24.2 Å². The van der Waals surface area contributed by atoms with Gasteiger partial charge in [0.2, 0.25) is 5.91 Å². The van der Waals surface area contributed by atoms with E-state index in [4.69, 9.17) is 5.11 Å². The number of amides is 1. The van der Waals surface area contributed by atoms with Crippen LogP contribution in [0, 0.1) is 11.3 Å². The van der Waals surface area contributed by atoms with Gasteiger partial charge in [-0.05, 0) is 43.3 Å². The number of carbonyl (C=O) groups excluding carboxylic acids is 1. The fourth-order valence-corrected chi connectivity index (χ4v) is 3.78. The van der Waals surface area contributed by atoms with Gasteiger partial charge >= 0.3 is 0 Å². The molecule has 0 heterocycles. The third-order valence-electron chi connectivity index (χ3n) is 3.99. The van der Waals surface area contributed by atoms with Crippen molar-refractivity contribution in [2.75, 3.05) is 18.6 Å².